The van der Waals surface area contributed by atoms with Gasteiger partial charge in [-0.05, 0) is 30.3 Å². The second kappa shape index (κ2) is 5.88. The van der Waals surface area contributed by atoms with Gasteiger partial charge in [-0.2, -0.15) is 0 Å². The second-order valence-electron chi connectivity index (χ2n) is 3.88. The average Bonchev–Trinajstić information content (AvgIpc) is 2.38. The number of rotatable bonds is 3. The number of ether oxygens (including phenoxy) is 1. The van der Waals surface area contributed by atoms with Crippen molar-refractivity contribution in [3.8, 4) is 5.75 Å². The Kier molecular flexibility index (Phi) is 4.42. The summed E-state index contributed by atoms with van der Waals surface area (Å²) in [5, 5.41) is 0.271. The van der Waals surface area contributed by atoms with Crippen molar-refractivity contribution < 1.29 is 13.5 Å². The Bertz CT molecular complexity index is 584. The molecule has 0 aliphatic rings. The van der Waals surface area contributed by atoms with Gasteiger partial charge in [0.2, 0.25) is 0 Å². The predicted molar refractivity (Wildman–Crippen MR) is 75.1 cm³/mol. The highest BCUT2D eigenvalue weighted by Gasteiger charge is 2.21. The van der Waals surface area contributed by atoms with Crippen molar-refractivity contribution in [2.24, 2.45) is 0 Å². The van der Waals surface area contributed by atoms with E-state index in [9.17, 15) is 8.78 Å². The van der Waals surface area contributed by atoms with Gasteiger partial charge in [-0.15, -0.1) is 0 Å². The van der Waals surface area contributed by atoms with Gasteiger partial charge < -0.3 is 4.74 Å². The summed E-state index contributed by atoms with van der Waals surface area (Å²) in [5.41, 5.74) is 0.738. The SMILES string of the molecule is COc1ccc(F)cc1C(Br)c1c(F)cccc1Cl. The molecule has 0 N–H and O–H groups in total. The third kappa shape index (κ3) is 2.90. The molecule has 0 saturated heterocycles. The van der Waals surface area contributed by atoms with Crippen LogP contribution in [0.3, 0.4) is 0 Å². The number of benzene rings is 2. The summed E-state index contributed by atoms with van der Waals surface area (Å²) >= 11 is 9.36. The number of hydrogen-bond donors (Lipinski definition) is 0. The fraction of sp³-hybridized carbons (Fsp3) is 0.143. The predicted octanol–water partition coefficient (Wildman–Crippen LogP) is 5.11. The van der Waals surface area contributed by atoms with Crippen LogP contribution in [0.2, 0.25) is 5.02 Å². The Morgan fingerprint density at radius 2 is 1.95 bits per heavy atom. The van der Waals surface area contributed by atoms with E-state index in [0.29, 0.717) is 11.3 Å². The lowest BCUT2D eigenvalue weighted by molar-refractivity contribution is 0.409. The fourth-order valence-corrected chi connectivity index (χ4v) is 3.04. The molecule has 0 aliphatic heterocycles. The molecule has 0 heterocycles. The van der Waals surface area contributed by atoms with Gasteiger partial charge in [0.25, 0.3) is 0 Å². The number of hydrogen-bond acceptors (Lipinski definition) is 1. The van der Waals surface area contributed by atoms with Crippen molar-refractivity contribution in [2.45, 2.75) is 4.83 Å². The van der Waals surface area contributed by atoms with Crippen LogP contribution in [0.1, 0.15) is 16.0 Å². The van der Waals surface area contributed by atoms with Crippen LogP contribution in [0.15, 0.2) is 36.4 Å². The molecule has 0 aliphatic carbocycles. The number of methoxy groups -OCH3 is 1. The zero-order chi connectivity index (χ0) is 14.0. The Morgan fingerprint density at radius 3 is 2.58 bits per heavy atom. The largest absolute Gasteiger partial charge is 0.496 e. The van der Waals surface area contributed by atoms with E-state index in [1.807, 2.05) is 0 Å². The Morgan fingerprint density at radius 1 is 1.21 bits per heavy atom. The van der Waals surface area contributed by atoms with Gasteiger partial charge in [-0.25, -0.2) is 8.78 Å². The highest BCUT2D eigenvalue weighted by atomic mass is 79.9. The zero-order valence-corrected chi connectivity index (χ0v) is 12.3. The monoisotopic (exact) mass is 346 g/mol. The van der Waals surface area contributed by atoms with Gasteiger partial charge in [0, 0.05) is 16.1 Å². The van der Waals surface area contributed by atoms with E-state index in [1.54, 1.807) is 6.07 Å². The lowest BCUT2D eigenvalue weighted by Crippen LogP contribution is -2.01. The molecule has 1 unspecified atom stereocenters. The zero-order valence-electron chi connectivity index (χ0n) is 9.96. The molecule has 0 fully saturated rings. The van der Waals surface area contributed by atoms with Crippen LogP contribution in [-0.2, 0) is 0 Å². The van der Waals surface area contributed by atoms with E-state index in [4.69, 9.17) is 16.3 Å². The molecule has 1 atom stereocenters. The first kappa shape index (κ1) is 14.3. The molecule has 19 heavy (non-hydrogen) atoms. The molecule has 100 valence electrons. The molecule has 5 heteroatoms. The van der Waals surface area contributed by atoms with E-state index < -0.39 is 16.5 Å². The maximum absolute atomic E-state index is 13.9. The highest BCUT2D eigenvalue weighted by molar-refractivity contribution is 9.09. The molecule has 0 bridgehead atoms. The van der Waals surface area contributed by atoms with Crippen molar-refractivity contribution >= 4 is 27.5 Å². The summed E-state index contributed by atoms with van der Waals surface area (Å²) in [4.78, 5) is -0.591. The second-order valence-corrected chi connectivity index (χ2v) is 5.21. The molecule has 0 amide bonds. The van der Waals surface area contributed by atoms with Crippen LogP contribution in [-0.4, -0.2) is 7.11 Å². The Hall–Kier alpha value is -1.13. The van der Waals surface area contributed by atoms with Crippen molar-refractivity contribution in [3.63, 3.8) is 0 Å². The molecule has 0 radical (unpaired) electrons. The van der Waals surface area contributed by atoms with Crippen LogP contribution in [0, 0.1) is 11.6 Å². The first-order valence-corrected chi connectivity index (χ1v) is 6.75. The van der Waals surface area contributed by atoms with E-state index in [1.165, 1.54) is 37.4 Å². The van der Waals surface area contributed by atoms with Crippen molar-refractivity contribution in [2.75, 3.05) is 7.11 Å². The number of alkyl halides is 1. The summed E-state index contributed by atoms with van der Waals surface area (Å²) in [6, 6.07) is 8.48. The van der Waals surface area contributed by atoms with Crippen LogP contribution >= 0.6 is 27.5 Å². The van der Waals surface area contributed by atoms with Crippen molar-refractivity contribution in [1.29, 1.82) is 0 Å². The van der Waals surface area contributed by atoms with Gasteiger partial charge in [0.1, 0.15) is 17.4 Å². The molecule has 2 aromatic rings. The molecular formula is C14H10BrClF2O. The van der Waals surface area contributed by atoms with Crippen LogP contribution < -0.4 is 4.74 Å². The summed E-state index contributed by atoms with van der Waals surface area (Å²) in [6.45, 7) is 0. The van der Waals surface area contributed by atoms with Crippen LogP contribution in [0.5, 0.6) is 5.75 Å². The summed E-state index contributed by atoms with van der Waals surface area (Å²) < 4.78 is 32.4. The van der Waals surface area contributed by atoms with Crippen molar-refractivity contribution in [1.82, 2.24) is 0 Å². The highest BCUT2D eigenvalue weighted by Crippen LogP contribution is 2.40. The normalized spacial score (nSPS) is 12.3. The molecule has 0 aromatic heterocycles. The van der Waals surface area contributed by atoms with E-state index in [2.05, 4.69) is 15.9 Å². The standard InChI is InChI=1S/C14H10BrClF2O/c1-19-12-6-5-8(17)7-9(12)14(15)13-10(16)3-2-4-11(13)18/h2-7,14H,1H3. The Balaban J connectivity index is 2.55. The minimum atomic E-state index is -0.591. The van der Waals surface area contributed by atoms with Crippen LogP contribution in [0.4, 0.5) is 8.78 Å². The van der Waals surface area contributed by atoms with Gasteiger partial charge in [0.05, 0.1) is 11.9 Å². The van der Waals surface area contributed by atoms with Gasteiger partial charge >= 0.3 is 0 Å². The summed E-state index contributed by atoms with van der Waals surface area (Å²) in [6.07, 6.45) is 0. The average molecular weight is 348 g/mol. The molecule has 0 spiro atoms. The fourth-order valence-electron chi connectivity index (χ4n) is 1.81. The molecule has 2 rings (SSSR count). The van der Waals surface area contributed by atoms with Gasteiger partial charge in [0.15, 0.2) is 0 Å². The first-order chi connectivity index (χ1) is 9.04. The number of halogens is 4. The lowest BCUT2D eigenvalue weighted by atomic mass is 10.0. The topological polar surface area (TPSA) is 9.23 Å². The molecule has 0 saturated carbocycles. The third-order valence-corrected chi connectivity index (χ3v) is 4.00. The quantitative estimate of drug-likeness (QED) is 0.701. The smallest absolute Gasteiger partial charge is 0.129 e. The molecular weight excluding hydrogens is 338 g/mol. The first-order valence-electron chi connectivity index (χ1n) is 5.46. The summed E-state index contributed by atoms with van der Waals surface area (Å²) in [7, 11) is 1.47. The maximum atomic E-state index is 13.9. The maximum Gasteiger partial charge on any atom is 0.129 e. The minimum Gasteiger partial charge on any atom is -0.496 e. The van der Waals surface area contributed by atoms with Crippen LogP contribution in [0.25, 0.3) is 0 Å². The van der Waals surface area contributed by atoms with Gasteiger partial charge in [-0.3, -0.25) is 0 Å². The van der Waals surface area contributed by atoms with E-state index >= 15 is 0 Å². The molecule has 2 aromatic carbocycles. The summed E-state index contributed by atoms with van der Waals surface area (Å²) in [5.74, 6) is -0.420. The minimum absolute atomic E-state index is 0.257. The van der Waals surface area contributed by atoms with Gasteiger partial charge in [-0.1, -0.05) is 33.6 Å². The lowest BCUT2D eigenvalue weighted by Gasteiger charge is -2.16. The van der Waals surface area contributed by atoms with Crippen molar-refractivity contribution in [3.05, 3.63) is 64.2 Å². The van der Waals surface area contributed by atoms with E-state index in [-0.39, 0.29) is 10.6 Å². The Labute approximate surface area is 123 Å². The van der Waals surface area contributed by atoms with E-state index in [0.717, 1.165) is 0 Å². The molecule has 1 nitrogen and oxygen atoms in total. The third-order valence-electron chi connectivity index (χ3n) is 2.72.